The van der Waals surface area contributed by atoms with Crippen LogP contribution in [-0.2, 0) is 6.54 Å². The third-order valence-electron chi connectivity index (χ3n) is 2.64. The van der Waals surface area contributed by atoms with Gasteiger partial charge in [-0.15, -0.1) is 0 Å². The maximum absolute atomic E-state index is 10.9. The Bertz CT molecular complexity index is 501. The molecule has 6 heteroatoms. The van der Waals surface area contributed by atoms with Gasteiger partial charge in [-0.05, 0) is 40.7 Å². The van der Waals surface area contributed by atoms with Crippen molar-refractivity contribution in [2.24, 2.45) is 0 Å². The zero-order valence-corrected chi connectivity index (χ0v) is 13.3. The largest absolute Gasteiger partial charge is 0.490 e. The van der Waals surface area contributed by atoms with Gasteiger partial charge in [-0.1, -0.05) is 0 Å². The van der Waals surface area contributed by atoms with Crippen LogP contribution in [0, 0.1) is 10.1 Å². The SMILES string of the molecule is CC(C)(O)COc1ccc([N+](=O)[O-])cc1CNC(C)(C)C. The molecule has 0 saturated heterocycles. The van der Waals surface area contributed by atoms with E-state index in [9.17, 15) is 15.2 Å². The van der Waals surface area contributed by atoms with Gasteiger partial charge in [0.05, 0.1) is 10.5 Å². The topological polar surface area (TPSA) is 84.6 Å². The average Bonchev–Trinajstić information content (AvgIpc) is 2.32. The molecule has 1 aromatic rings. The predicted molar refractivity (Wildman–Crippen MR) is 81.5 cm³/mol. The van der Waals surface area contributed by atoms with E-state index in [2.05, 4.69) is 5.32 Å². The number of aliphatic hydroxyl groups is 1. The summed E-state index contributed by atoms with van der Waals surface area (Å²) in [5.74, 6) is 0.541. The number of hydrogen-bond donors (Lipinski definition) is 2. The zero-order chi connectivity index (χ0) is 16.3. The molecule has 0 spiro atoms. The van der Waals surface area contributed by atoms with Gasteiger partial charge in [0.25, 0.3) is 5.69 Å². The van der Waals surface area contributed by atoms with Crippen molar-refractivity contribution in [1.29, 1.82) is 0 Å². The van der Waals surface area contributed by atoms with E-state index in [-0.39, 0.29) is 17.8 Å². The molecule has 0 fully saturated rings. The Balaban J connectivity index is 2.97. The molecule has 0 aliphatic carbocycles. The van der Waals surface area contributed by atoms with Crippen molar-refractivity contribution in [3.8, 4) is 5.75 Å². The number of benzene rings is 1. The minimum Gasteiger partial charge on any atom is -0.490 e. The van der Waals surface area contributed by atoms with Gasteiger partial charge in [0.2, 0.25) is 0 Å². The lowest BCUT2D eigenvalue weighted by Crippen LogP contribution is -2.35. The van der Waals surface area contributed by atoms with E-state index in [1.54, 1.807) is 19.9 Å². The quantitative estimate of drug-likeness (QED) is 0.622. The van der Waals surface area contributed by atoms with E-state index in [1.165, 1.54) is 12.1 Å². The number of nitro benzene ring substituents is 1. The molecule has 0 aliphatic rings. The van der Waals surface area contributed by atoms with Crippen LogP contribution in [0.25, 0.3) is 0 Å². The second-order valence-corrected chi connectivity index (χ2v) is 6.75. The number of rotatable bonds is 6. The first kappa shape index (κ1) is 17.4. The standard InChI is InChI=1S/C15H24N2O4/c1-14(2,3)16-9-11-8-12(17(19)20)6-7-13(11)21-10-15(4,5)18/h6-8,16,18H,9-10H2,1-5H3. The van der Waals surface area contributed by atoms with Crippen molar-refractivity contribution >= 4 is 5.69 Å². The summed E-state index contributed by atoms with van der Waals surface area (Å²) in [6.07, 6.45) is 0. The van der Waals surface area contributed by atoms with E-state index in [0.29, 0.717) is 17.9 Å². The van der Waals surface area contributed by atoms with E-state index in [4.69, 9.17) is 4.74 Å². The summed E-state index contributed by atoms with van der Waals surface area (Å²) < 4.78 is 5.59. The maximum Gasteiger partial charge on any atom is 0.270 e. The van der Waals surface area contributed by atoms with Gasteiger partial charge in [0, 0.05) is 29.8 Å². The monoisotopic (exact) mass is 296 g/mol. The Morgan fingerprint density at radius 2 is 1.90 bits per heavy atom. The van der Waals surface area contributed by atoms with Crippen LogP contribution in [0.4, 0.5) is 5.69 Å². The van der Waals surface area contributed by atoms with Gasteiger partial charge < -0.3 is 15.2 Å². The summed E-state index contributed by atoms with van der Waals surface area (Å²) in [7, 11) is 0. The third-order valence-corrected chi connectivity index (χ3v) is 2.64. The van der Waals surface area contributed by atoms with E-state index in [1.807, 2.05) is 20.8 Å². The molecule has 0 bridgehead atoms. The van der Waals surface area contributed by atoms with Crippen LogP contribution < -0.4 is 10.1 Å². The molecule has 1 rings (SSSR count). The predicted octanol–water partition coefficient (Wildman–Crippen LogP) is 2.63. The van der Waals surface area contributed by atoms with Gasteiger partial charge in [0.15, 0.2) is 0 Å². The summed E-state index contributed by atoms with van der Waals surface area (Å²) in [5.41, 5.74) is -0.353. The molecule has 118 valence electrons. The first-order chi connectivity index (χ1) is 9.48. The van der Waals surface area contributed by atoms with Crippen LogP contribution in [0.3, 0.4) is 0 Å². The molecule has 0 saturated carbocycles. The molecule has 0 radical (unpaired) electrons. The first-order valence-corrected chi connectivity index (χ1v) is 6.85. The molecular weight excluding hydrogens is 272 g/mol. The lowest BCUT2D eigenvalue weighted by molar-refractivity contribution is -0.384. The van der Waals surface area contributed by atoms with Crippen LogP contribution in [-0.4, -0.2) is 27.8 Å². The Labute approximate surface area is 125 Å². The van der Waals surface area contributed by atoms with Crippen LogP contribution in [0.5, 0.6) is 5.75 Å². The lowest BCUT2D eigenvalue weighted by atomic mass is 10.1. The van der Waals surface area contributed by atoms with Crippen molar-refractivity contribution in [2.75, 3.05) is 6.61 Å². The number of non-ortho nitro benzene ring substituents is 1. The molecule has 0 aromatic heterocycles. The summed E-state index contributed by atoms with van der Waals surface area (Å²) in [6.45, 7) is 9.90. The minimum absolute atomic E-state index is 0.0244. The van der Waals surface area contributed by atoms with E-state index >= 15 is 0 Å². The van der Waals surface area contributed by atoms with Crippen LogP contribution in [0.2, 0.25) is 0 Å². The maximum atomic E-state index is 10.9. The Morgan fingerprint density at radius 1 is 1.29 bits per heavy atom. The Kier molecular flexibility index (Phi) is 5.31. The van der Waals surface area contributed by atoms with Crippen molar-refractivity contribution in [3.05, 3.63) is 33.9 Å². The highest BCUT2D eigenvalue weighted by Crippen LogP contribution is 2.25. The van der Waals surface area contributed by atoms with Crippen molar-refractivity contribution < 1.29 is 14.8 Å². The number of nitrogens with zero attached hydrogens (tertiary/aromatic N) is 1. The van der Waals surface area contributed by atoms with Gasteiger partial charge in [-0.25, -0.2) is 0 Å². The van der Waals surface area contributed by atoms with E-state index in [0.717, 1.165) is 0 Å². The fourth-order valence-electron chi connectivity index (χ4n) is 1.57. The number of nitro groups is 1. The van der Waals surface area contributed by atoms with Crippen LogP contribution in [0.15, 0.2) is 18.2 Å². The highest BCUT2D eigenvalue weighted by molar-refractivity contribution is 5.43. The molecule has 0 amide bonds. The number of hydrogen-bond acceptors (Lipinski definition) is 5. The van der Waals surface area contributed by atoms with Crippen LogP contribution >= 0.6 is 0 Å². The number of nitrogens with one attached hydrogen (secondary N) is 1. The van der Waals surface area contributed by atoms with E-state index < -0.39 is 10.5 Å². The molecule has 21 heavy (non-hydrogen) atoms. The molecular formula is C15H24N2O4. The Morgan fingerprint density at radius 3 is 2.38 bits per heavy atom. The minimum atomic E-state index is -0.962. The lowest BCUT2D eigenvalue weighted by Gasteiger charge is -2.23. The normalized spacial score (nSPS) is 12.3. The summed E-state index contributed by atoms with van der Waals surface area (Å²) >= 11 is 0. The zero-order valence-electron chi connectivity index (χ0n) is 13.3. The molecule has 0 atom stereocenters. The molecule has 1 aromatic carbocycles. The van der Waals surface area contributed by atoms with Crippen molar-refractivity contribution in [2.45, 2.75) is 52.3 Å². The fraction of sp³-hybridized carbons (Fsp3) is 0.600. The third kappa shape index (κ3) is 6.55. The molecule has 0 unspecified atom stereocenters. The summed E-state index contributed by atoms with van der Waals surface area (Å²) in [6, 6.07) is 4.47. The summed E-state index contributed by atoms with van der Waals surface area (Å²) in [5, 5.41) is 23.9. The van der Waals surface area contributed by atoms with Crippen molar-refractivity contribution in [1.82, 2.24) is 5.32 Å². The average molecular weight is 296 g/mol. The highest BCUT2D eigenvalue weighted by Gasteiger charge is 2.18. The Hall–Kier alpha value is -1.66. The van der Waals surface area contributed by atoms with Gasteiger partial charge >= 0.3 is 0 Å². The summed E-state index contributed by atoms with van der Waals surface area (Å²) in [4.78, 5) is 10.5. The molecule has 0 heterocycles. The number of ether oxygens (including phenoxy) is 1. The van der Waals surface area contributed by atoms with Crippen LogP contribution in [0.1, 0.15) is 40.2 Å². The van der Waals surface area contributed by atoms with Crippen molar-refractivity contribution in [3.63, 3.8) is 0 Å². The molecule has 6 nitrogen and oxygen atoms in total. The van der Waals surface area contributed by atoms with Gasteiger partial charge in [-0.2, -0.15) is 0 Å². The fourth-order valence-corrected chi connectivity index (χ4v) is 1.57. The molecule has 2 N–H and O–H groups in total. The second kappa shape index (κ2) is 6.41. The second-order valence-electron chi connectivity index (χ2n) is 6.75. The highest BCUT2D eigenvalue weighted by atomic mass is 16.6. The smallest absolute Gasteiger partial charge is 0.270 e. The van der Waals surface area contributed by atoms with Gasteiger partial charge in [0.1, 0.15) is 12.4 Å². The first-order valence-electron chi connectivity index (χ1n) is 6.85. The molecule has 0 aliphatic heterocycles. The van der Waals surface area contributed by atoms with Gasteiger partial charge in [-0.3, -0.25) is 10.1 Å².